The maximum Gasteiger partial charge on any atom is 0.229 e. The lowest BCUT2D eigenvalue weighted by atomic mass is 9.86. The predicted molar refractivity (Wildman–Crippen MR) is 125 cm³/mol. The van der Waals surface area contributed by atoms with E-state index in [1.165, 1.54) is 18.5 Å². The van der Waals surface area contributed by atoms with E-state index in [1.807, 2.05) is 17.1 Å². The Bertz CT molecular complexity index is 998. The number of nitrogens with two attached hydrogens (primary N) is 1. The number of piperazine rings is 1. The number of nitrogens with one attached hydrogen (secondary N) is 1. The second-order valence-corrected chi connectivity index (χ2v) is 9.04. The first kappa shape index (κ1) is 20.2. The van der Waals surface area contributed by atoms with Crippen LogP contribution < -0.4 is 16.0 Å². The van der Waals surface area contributed by atoms with E-state index >= 15 is 0 Å². The van der Waals surface area contributed by atoms with Crippen LogP contribution in [-0.2, 0) is 6.54 Å². The summed E-state index contributed by atoms with van der Waals surface area (Å²) in [6.45, 7) is 5.25. The van der Waals surface area contributed by atoms with Gasteiger partial charge in [0.25, 0.3) is 0 Å². The minimum Gasteiger partial charge on any atom is -0.369 e. The van der Waals surface area contributed by atoms with Gasteiger partial charge in [-0.1, -0.05) is 0 Å². The van der Waals surface area contributed by atoms with Gasteiger partial charge in [0, 0.05) is 56.3 Å². The van der Waals surface area contributed by atoms with Crippen molar-refractivity contribution >= 4 is 28.4 Å². The number of hydrogen-bond donors (Lipinski definition) is 2. The molecule has 8 nitrogen and oxygen atoms in total. The lowest BCUT2D eigenvalue weighted by Crippen LogP contribution is -2.44. The van der Waals surface area contributed by atoms with Gasteiger partial charge < -0.3 is 20.9 Å². The molecule has 31 heavy (non-hydrogen) atoms. The van der Waals surface area contributed by atoms with Crippen LogP contribution in [0.3, 0.4) is 0 Å². The van der Waals surface area contributed by atoms with Crippen LogP contribution in [-0.4, -0.2) is 63.9 Å². The highest BCUT2D eigenvalue weighted by atomic mass is 15.3. The van der Waals surface area contributed by atoms with E-state index in [0.29, 0.717) is 17.9 Å². The first-order valence-corrected chi connectivity index (χ1v) is 11.4. The molecular weight excluding hydrogens is 388 g/mol. The topological polar surface area (TPSA) is 88.1 Å². The Labute approximate surface area is 183 Å². The van der Waals surface area contributed by atoms with Gasteiger partial charge in [0.1, 0.15) is 0 Å². The first-order chi connectivity index (χ1) is 15.1. The summed E-state index contributed by atoms with van der Waals surface area (Å²) in [5.41, 5.74) is 9.20. The normalized spacial score (nSPS) is 22.7. The van der Waals surface area contributed by atoms with Crippen molar-refractivity contribution in [3.63, 3.8) is 0 Å². The van der Waals surface area contributed by atoms with Crippen molar-refractivity contribution in [2.75, 3.05) is 43.4 Å². The molecule has 3 N–H and O–H groups in total. The van der Waals surface area contributed by atoms with E-state index in [9.17, 15) is 0 Å². The smallest absolute Gasteiger partial charge is 0.229 e. The summed E-state index contributed by atoms with van der Waals surface area (Å²) < 4.78 is 2.03. The zero-order valence-corrected chi connectivity index (χ0v) is 18.2. The Morgan fingerprint density at radius 2 is 1.74 bits per heavy atom. The van der Waals surface area contributed by atoms with Crippen LogP contribution in [0, 0.1) is 5.92 Å². The van der Waals surface area contributed by atoms with Crippen LogP contribution in [0.15, 0.2) is 36.7 Å². The average molecular weight is 421 g/mol. The van der Waals surface area contributed by atoms with E-state index in [-0.39, 0.29) is 0 Å². The number of benzene rings is 1. The molecule has 3 aromatic rings. The minimum atomic E-state index is 0.367. The number of hydrogen-bond acceptors (Lipinski definition) is 7. The average Bonchev–Trinajstić information content (AvgIpc) is 3.18. The summed E-state index contributed by atoms with van der Waals surface area (Å²) in [5.74, 6) is 1.23. The third kappa shape index (κ3) is 4.65. The molecule has 1 saturated carbocycles. The van der Waals surface area contributed by atoms with E-state index in [1.54, 1.807) is 0 Å². The number of nitrogens with zero attached hydrogens (tertiary/aromatic N) is 6. The van der Waals surface area contributed by atoms with Crippen molar-refractivity contribution in [3.8, 4) is 0 Å². The zero-order valence-electron chi connectivity index (χ0n) is 18.2. The monoisotopic (exact) mass is 420 g/mol. The van der Waals surface area contributed by atoms with Gasteiger partial charge in [0.15, 0.2) is 5.65 Å². The quantitative estimate of drug-likeness (QED) is 0.656. The van der Waals surface area contributed by atoms with Gasteiger partial charge in [-0.05, 0) is 62.9 Å². The minimum absolute atomic E-state index is 0.367. The van der Waals surface area contributed by atoms with Crippen LogP contribution in [0.5, 0.6) is 0 Å². The van der Waals surface area contributed by atoms with Crippen molar-refractivity contribution in [1.82, 2.24) is 24.6 Å². The number of fused-ring (bicyclic) bond motifs is 1. The molecule has 2 aliphatic rings. The summed E-state index contributed by atoms with van der Waals surface area (Å²) in [6.07, 6.45) is 8.25. The summed E-state index contributed by atoms with van der Waals surface area (Å²) in [6, 6.07) is 8.91. The zero-order chi connectivity index (χ0) is 21.2. The van der Waals surface area contributed by atoms with E-state index in [2.05, 4.69) is 56.5 Å². The molecule has 2 aromatic heterocycles. The molecule has 5 rings (SSSR count). The van der Waals surface area contributed by atoms with Crippen molar-refractivity contribution in [2.45, 2.75) is 38.3 Å². The van der Waals surface area contributed by atoms with Gasteiger partial charge >= 0.3 is 0 Å². The van der Waals surface area contributed by atoms with E-state index in [0.717, 1.165) is 62.3 Å². The highest BCUT2D eigenvalue weighted by Gasteiger charge is 2.20. The third-order valence-corrected chi connectivity index (χ3v) is 6.69. The molecule has 2 fully saturated rings. The molecule has 0 radical (unpaired) electrons. The Balaban J connectivity index is 1.27. The van der Waals surface area contributed by atoms with Gasteiger partial charge in [-0.3, -0.25) is 0 Å². The molecule has 8 heteroatoms. The van der Waals surface area contributed by atoms with Crippen molar-refractivity contribution < 1.29 is 0 Å². The molecule has 1 aliphatic heterocycles. The predicted octanol–water partition coefficient (Wildman–Crippen LogP) is 2.84. The fourth-order valence-electron chi connectivity index (χ4n) is 4.63. The van der Waals surface area contributed by atoms with Crippen LogP contribution >= 0.6 is 0 Å². The van der Waals surface area contributed by atoms with Gasteiger partial charge in [-0.2, -0.15) is 10.1 Å². The Morgan fingerprint density at radius 1 is 1.00 bits per heavy atom. The molecule has 0 unspecified atom stereocenters. The lowest BCUT2D eigenvalue weighted by molar-refractivity contribution is 0.288. The molecule has 0 amide bonds. The van der Waals surface area contributed by atoms with Crippen LogP contribution in [0.2, 0.25) is 0 Å². The maximum atomic E-state index is 6.06. The second kappa shape index (κ2) is 8.80. The highest BCUT2D eigenvalue weighted by molar-refractivity contribution is 5.75. The molecule has 0 atom stereocenters. The number of likely N-dealkylation sites (N-methyl/N-ethyl adjacent to an activating group) is 1. The molecule has 0 spiro atoms. The standard InChI is InChI=1S/C23H32N8/c1-29-10-12-30(13-11-29)21-8-6-20(7-9-21)27-23-25-14-18-15-26-31(22(18)28-23)16-17-2-4-19(24)5-3-17/h6-9,14-15,17,19H,2-5,10-13,16,24H2,1H3,(H,25,27,28). The second-order valence-electron chi connectivity index (χ2n) is 9.04. The summed E-state index contributed by atoms with van der Waals surface area (Å²) in [4.78, 5) is 14.1. The van der Waals surface area contributed by atoms with E-state index in [4.69, 9.17) is 10.7 Å². The van der Waals surface area contributed by atoms with Crippen LogP contribution in [0.4, 0.5) is 17.3 Å². The molecule has 164 valence electrons. The number of rotatable bonds is 5. The molecule has 1 aromatic carbocycles. The molecule has 1 saturated heterocycles. The van der Waals surface area contributed by atoms with Crippen molar-refractivity contribution in [1.29, 1.82) is 0 Å². The van der Waals surface area contributed by atoms with E-state index < -0.39 is 0 Å². The Morgan fingerprint density at radius 3 is 2.48 bits per heavy atom. The van der Waals surface area contributed by atoms with Crippen LogP contribution in [0.1, 0.15) is 25.7 Å². The highest BCUT2D eigenvalue weighted by Crippen LogP contribution is 2.26. The third-order valence-electron chi connectivity index (χ3n) is 6.69. The summed E-state index contributed by atoms with van der Waals surface area (Å²) in [5, 5.41) is 8.90. The van der Waals surface area contributed by atoms with Crippen molar-refractivity contribution in [2.24, 2.45) is 11.7 Å². The molecule has 3 heterocycles. The fraction of sp³-hybridized carbons (Fsp3) is 0.522. The van der Waals surface area contributed by atoms with Gasteiger partial charge in [-0.15, -0.1) is 0 Å². The van der Waals surface area contributed by atoms with Crippen molar-refractivity contribution in [3.05, 3.63) is 36.7 Å². The number of anilines is 3. The van der Waals surface area contributed by atoms with Gasteiger partial charge in [0.2, 0.25) is 5.95 Å². The molecule has 0 bridgehead atoms. The summed E-state index contributed by atoms with van der Waals surface area (Å²) in [7, 11) is 2.18. The molecule has 1 aliphatic carbocycles. The van der Waals surface area contributed by atoms with Gasteiger partial charge in [-0.25, -0.2) is 9.67 Å². The Hall–Kier alpha value is -2.71. The van der Waals surface area contributed by atoms with Crippen LogP contribution in [0.25, 0.3) is 11.0 Å². The van der Waals surface area contributed by atoms with Gasteiger partial charge in [0.05, 0.1) is 11.6 Å². The Kier molecular flexibility index (Phi) is 5.74. The molecular formula is C23H32N8. The maximum absolute atomic E-state index is 6.06. The SMILES string of the molecule is CN1CCN(c2ccc(Nc3ncc4cnn(CC5CCC(N)CC5)c4n3)cc2)CC1. The summed E-state index contributed by atoms with van der Waals surface area (Å²) >= 11 is 0. The number of aromatic nitrogens is 4. The first-order valence-electron chi connectivity index (χ1n) is 11.4. The fourth-order valence-corrected chi connectivity index (χ4v) is 4.63. The lowest BCUT2D eigenvalue weighted by Gasteiger charge is -2.34. The largest absolute Gasteiger partial charge is 0.369 e.